The van der Waals surface area contributed by atoms with Crippen LogP contribution in [-0.4, -0.2) is 33.1 Å². The Labute approximate surface area is 209 Å². The van der Waals surface area contributed by atoms with Crippen molar-refractivity contribution in [2.24, 2.45) is 58.2 Å². The van der Waals surface area contributed by atoms with E-state index in [9.17, 15) is 4.79 Å². The summed E-state index contributed by atoms with van der Waals surface area (Å²) in [4.78, 5) is 11.8. The molecule has 0 aromatic carbocycles. The van der Waals surface area contributed by atoms with Gasteiger partial charge in [0.2, 0.25) is 0 Å². The summed E-state index contributed by atoms with van der Waals surface area (Å²) in [5, 5.41) is 0. The summed E-state index contributed by atoms with van der Waals surface area (Å²) in [6.45, 7) is 13.0. The van der Waals surface area contributed by atoms with Crippen LogP contribution < -0.4 is 0 Å². The third-order valence-corrected chi connectivity index (χ3v) is 11.8. The molecule has 34 heavy (non-hydrogen) atoms. The lowest BCUT2D eigenvalue weighted by molar-refractivity contribution is -0.231. The van der Waals surface area contributed by atoms with Crippen molar-refractivity contribution in [2.75, 3.05) is 21.0 Å². The van der Waals surface area contributed by atoms with Crippen molar-refractivity contribution in [3.05, 3.63) is 0 Å². The van der Waals surface area contributed by atoms with Gasteiger partial charge in [0, 0.05) is 13.5 Å². The van der Waals surface area contributed by atoms with Crippen LogP contribution in [0.3, 0.4) is 0 Å². The first kappa shape index (κ1) is 26.5. The Morgan fingerprint density at radius 1 is 1.00 bits per heavy atom. The first-order chi connectivity index (χ1) is 16.2. The summed E-state index contributed by atoms with van der Waals surface area (Å²) < 4.78 is 17.1. The molecule has 4 aliphatic carbocycles. The highest BCUT2D eigenvalue weighted by atomic mass is 16.7. The molecule has 4 unspecified atom stereocenters. The Morgan fingerprint density at radius 3 is 2.38 bits per heavy atom. The highest BCUT2D eigenvalue weighted by molar-refractivity contribution is 5.69. The number of rotatable bonds is 8. The number of esters is 1. The molecule has 4 saturated carbocycles. The van der Waals surface area contributed by atoms with Crippen LogP contribution >= 0.6 is 0 Å². The van der Waals surface area contributed by atoms with Crippen molar-refractivity contribution < 1.29 is 19.0 Å². The minimum Gasteiger partial charge on any atom is -0.469 e. The summed E-state index contributed by atoms with van der Waals surface area (Å²) in [6, 6.07) is 0. The zero-order chi connectivity index (χ0) is 24.7. The van der Waals surface area contributed by atoms with Crippen LogP contribution in [-0.2, 0) is 19.0 Å². The van der Waals surface area contributed by atoms with E-state index in [-0.39, 0.29) is 5.97 Å². The predicted molar refractivity (Wildman–Crippen MR) is 136 cm³/mol. The number of ether oxygens (including phenoxy) is 3. The van der Waals surface area contributed by atoms with Gasteiger partial charge in [0.25, 0.3) is 0 Å². The average molecular weight is 477 g/mol. The van der Waals surface area contributed by atoms with Gasteiger partial charge in [0.1, 0.15) is 6.79 Å². The SMILES string of the molecule is CC[C@H]1C(OCOC)C2C3CC[C@H]([C@H](C)CCC(=O)OC)[C@@]3(C)CCC2[C@@]2(C)CC[C@@H](C)C[C@@H]12. The van der Waals surface area contributed by atoms with E-state index >= 15 is 0 Å². The maximum Gasteiger partial charge on any atom is 0.305 e. The minimum atomic E-state index is -0.0631. The molecule has 4 fully saturated rings. The van der Waals surface area contributed by atoms with Crippen molar-refractivity contribution in [3.8, 4) is 0 Å². The second-order valence-corrected chi connectivity index (χ2v) is 13.2. The number of carbonyl (C=O) groups is 1. The topological polar surface area (TPSA) is 44.8 Å². The fourth-order valence-electron chi connectivity index (χ4n) is 10.1. The lowest BCUT2D eigenvalue weighted by Crippen LogP contribution is -2.62. The molecule has 4 rings (SSSR count). The van der Waals surface area contributed by atoms with Crippen LogP contribution in [0.5, 0.6) is 0 Å². The van der Waals surface area contributed by atoms with Crippen LogP contribution in [0.1, 0.15) is 98.8 Å². The zero-order valence-electron chi connectivity index (χ0n) is 23.1. The van der Waals surface area contributed by atoms with Gasteiger partial charge in [-0.25, -0.2) is 0 Å². The molecule has 0 aliphatic heterocycles. The molecule has 0 aromatic heterocycles. The molecule has 196 valence electrons. The quantitative estimate of drug-likeness (QED) is 0.277. The molecule has 0 bridgehead atoms. The van der Waals surface area contributed by atoms with Gasteiger partial charge in [-0.05, 0) is 103 Å². The predicted octanol–water partition coefficient (Wildman–Crippen LogP) is 7.11. The largest absolute Gasteiger partial charge is 0.469 e. The molecule has 0 amide bonds. The minimum absolute atomic E-state index is 0.0631. The van der Waals surface area contributed by atoms with Gasteiger partial charge >= 0.3 is 5.97 Å². The summed E-state index contributed by atoms with van der Waals surface area (Å²) >= 11 is 0. The Morgan fingerprint density at radius 2 is 1.71 bits per heavy atom. The first-order valence-electron chi connectivity index (χ1n) is 14.4. The maximum absolute atomic E-state index is 11.8. The van der Waals surface area contributed by atoms with Crippen LogP contribution in [0, 0.1) is 58.2 Å². The highest BCUT2D eigenvalue weighted by Gasteiger charge is 2.65. The fourth-order valence-corrected chi connectivity index (χ4v) is 10.1. The van der Waals surface area contributed by atoms with Crippen LogP contribution in [0.25, 0.3) is 0 Å². The van der Waals surface area contributed by atoms with Gasteiger partial charge in [0.15, 0.2) is 0 Å². The smallest absolute Gasteiger partial charge is 0.305 e. The molecule has 0 spiro atoms. The Kier molecular flexibility index (Phi) is 8.09. The van der Waals surface area contributed by atoms with Gasteiger partial charge in [-0.3, -0.25) is 4.79 Å². The normalized spacial score (nSPS) is 46.8. The van der Waals surface area contributed by atoms with Gasteiger partial charge < -0.3 is 14.2 Å². The van der Waals surface area contributed by atoms with E-state index in [4.69, 9.17) is 14.2 Å². The third-order valence-electron chi connectivity index (χ3n) is 11.8. The molecule has 0 aromatic rings. The van der Waals surface area contributed by atoms with Gasteiger partial charge in [-0.15, -0.1) is 0 Å². The van der Waals surface area contributed by atoms with Crippen molar-refractivity contribution in [1.82, 2.24) is 0 Å². The molecule has 4 aliphatic rings. The lowest BCUT2D eigenvalue weighted by atomic mass is 9.41. The summed E-state index contributed by atoms with van der Waals surface area (Å²) in [5.41, 5.74) is 0.815. The Balaban J connectivity index is 1.64. The van der Waals surface area contributed by atoms with E-state index in [0.29, 0.717) is 53.8 Å². The van der Waals surface area contributed by atoms with Crippen molar-refractivity contribution in [1.29, 1.82) is 0 Å². The molecule has 0 saturated heterocycles. The second-order valence-electron chi connectivity index (χ2n) is 13.2. The Bertz CT molecular complexity index is 708. The van der Waals surface area contributed by atoms with E-state index in [1.807, 2.05) is 0 Å². The number of methoxy groups -OCH3 is 2. The molecular formula is C30H52O4. The first-order valence-corrected chi connectivity index (χ1v) is 14.4. The van der Waals surface area contributed by atoms with Crippen molar-refractivity contribution >= 4 is 5.97 Å². The average Bonchev–Trinajstić information content (AvgIpc) is 3.18. The summed E-state index contributed by atoms with van der Waals surface area (Å²) in [6.07, 6.45) is 12.5. The molecular weight excluding hydrogens is 424 g/mol. The maximum atomic E-state index is 11.8. The zero-order valence-corrected chi connectivity index (χ0v) is 23.1. The van der Waals surface area contributed by atoms with Gasteiger partial charge in [0.05, 0.1) is 13.2 Å². The van der Waals surface area contributed by atoms with Crippen LogP contribution in [0.15, 0.2) is 0 Å². The lowest BCUT2D eigenvalue weighted by Gasteiger charge is -2.65. The Hall–Kier alpha value is -0.610. The number of hydrogen-bond acceptors (Lipinski definition) is 4. The number of fused-ring (bicyclic) bond motifs is 5. The van der Waals surface area contributed by atoms with E-state index in [1.54, 1.807) is 7.11 Å². The molecule has 0 heterocycles. The van der Waals surface area contributed by atoms with E-state index < -0.39 is 0 Å². The molecule has 4 nitrogen and oxygen atoms in total. The fraction of sp³-hybridized carbons (Fsp3) is 0.967. The van der Waals surface area contributed by atoms with Crippen molar-refractivity contribution in [2.45, 2.75) is 105 Å². The van der Waals surface area contributed by atoms with Crippen LogP contribution in [0.4, 0.5) is 0 Å². The summed E-state index contributed by atoms with van der Waals surface area (Å²) in [5.74, 6) is 5.61. The van der Waals surface area contributed by atoms with Crippen molar-refractivity contribution in [3.63, 3.8) is 0 Å². The molecule has 11 atom stereocenters. The van der Waals surface area contributed by atoms with E-state index in [1.165, 1.54) is 58.5 Å². The number of carbonyl (C=O) groups excluding carboxylic acids is 1. The monoisotopic (exact) mass is 476 g/mol. The van der Waals surface area contributed by atoms with Gasteiger partial charge in [-0.2, -0.15) is 0 Å². The van der Waals surface area contributed by atoms with E-state index in [0.717, 1.165) is 30.1 Å². The third kappa shape index (κ3) is 4.38. The van der Waals surface area contributed by atoms with E-state index in [2.05, 4.69) is 34.6 Å². The molecule has 0 N–H and O–H groups in total. The summed E-state index contributed by atoms with van der Waals surface area (Å²) in [7, 11) is 3.28. The standard InChI is InChI=1S/C30H52O4/c1-8-21-25-17-19(2)13-15-30(25,5)24-14-16-29(4)22(20(3)9-12-26(31)33-7)10-11-23(29)27(24)28(21)34-18-32-6/h19-25,27-28H,8-18H2,1-7H3/t19-,20-,21-,22-,23?,24?,25+,27?,28?,29-,30-/m1/s1. The number of hydrogen-bond donors (Lipinski definition) is 0. The highest BCUT2D eigenvalue weighted by Crippen LogP contribution is 2.70. The van der Waals surface area contributed by atoms with Crippen LogP contribution in [0.2, 0.25) is 0 Å². The second kappa shape index (κ2) is 10.4. The molecule has 0 radical (unpaired) electrons. The van der Waals surface area contributed by atoms with Gasteiger partial charge in [-0.1, -0.05) is 47.5 Å². The molecule has 4 heteroatoms.